The number of ether oxygens (including phenoxy) is 1. The van der Waals surface area contributed by atoms with Crippen LogP contribution in [0.25, 0.3) is 0 Å². The number of benzene rings is 2. The summed E-state index contributed by atoms with van der Waals surface area (Å²) < 4.78 is 32.1. The van der Waals surface area contributed by atoms with E-state index in [9.17, 15) is 8.78 Å². The van der Waals surface area contributed by atoms with Crippen LogP contribution in [-0.2, 0) is 0 Å². The summed E-state index contributed by atoms with van der Waals surface area (Å²) in [5, 5.41) is 0.637. The van der Waals surface area contributed by atoms with E-state index in [1.54, 1.807) is 18.2 Å². The topological polar surface area (TPSA) is 35.2 Å². The van der Waals surface area contributed by atoms with Gasteiger partial charge in [-0.25, -0.2) is 8.78 Å². The minimum Gasteiger partial charge on any atom is -0.492 e. The van der Waals surface area contributed by atoms with Crippen LogP contribution in [0.15, 0.2) is 36.4 Å². The van der Waals surface area contributed by atoms with Crippen LogP contribution in [0.2, 0.25) is 5.02 Å². The number of halogens is 3. The highest BCUT2D eigenvalue weighted by atomic mass is 35.5. The molecule has 1 unspecified atom stereocenters. The average Bonchev–Trinajstić information content (AvgIpc) is 2.42. The molecule has 0 heterocycles. The van der Waals surface area contributed by atoms with Gasteiger partial charge in [0.05, 0.1) is 6.04 Å². The molecule has 20 heavy (non-hydrogen) atoms. The van der Waals surface area contributed by atoms with Crippen LogP contribution in [0, 0.1) is 18.6 Å². The number of nitrogens with two attached hydrogens (primary N) is 1. The van der Waals surface area contributed by atoms with Gasteiger partial charge in [-0.3, -0.25) is 0 Å². The molecule has 2 rings (SSSR count). The zero-order valence-corrected chi connectivity index (χ0v) is 11.6. The summed E-state index contributed by atoms with van der Waals surface area (Å²) in [5.74, 6) is -0.492. The third kappa shape index (κ3) is 3.46. The van der Waals surface area contributed by atoms with E-state index in [1.807, 2.05) is 6.92 Å². The summed E-state index contributed by atoms with van der Waals surface area (Å²) in [5.41, 5.74) is 6.79. The van der Waals surface area contributed by atoms with Crippen LogP contribution in [0.4, 0.5) is 8.78 Å². The molecule has 2 N–H and O–H groups in total. The first-order chi connectivity index (χ1) is 9.47. The smallest absolute Gasteiger partial charge is 0.128 e. The van der Waals surface area contributed by atoms with Crippen molar-refractivity contribution in [3.8, 4) is 5.75 Å². The Morgan fingerprint density at radius 1 is 1.20 bits per heavy atom. The first-order valence-corrected chi connectivity index (χ1v) is 6.44. The van der Waals surface area contributed by atoms with Crippen molar-refractivity contribution < 1.29 is 13.5 Å². The fraction of sp³-hybridized carbons (Fsp3) is 0.200. The second-order valence-electron chi connectivity index (χ2n) is 4.49. The second-order valence-corrected chi connectivity index (χ2v) is 4.90. The number of rotatable bonds is 4. The predicted molar refractivity (Wildman–Crippen MR) is 75.0 cm³/mol. The quantitative estimate of drug-likeness (QED) is 0.925. The third-order valence-electron chi connectivity index (χ3n) is 2.92. The Balaban J connectivity index is 2.06. The fourth-order valence-electron chi connectivity index (χ4n) is 1.78. The zero-order valence-electron chi connectivity index (χ0n) is 10.9. The van der Waals surface area contributed by atoms with Gasteiger partial charge in [0, 0.05) is 10.6 Å². The van der Waals surface area contributed by atoms with E-state index in [-0.39, 0.29) is 12.2 Å². The van der Waals surface area contributed by atoms with E-state index in [1.165, 1.54) is 0 Å². The summed E-state index contributed by atoms with van der Waals surface area (Å²) in [6, 6.07) is 7.60. The Morgan fingerprint density at radius 3 is 2.65 bits per heavy atom. The monoisotopic (exact) mass is 297 g/mol. The van der Waals surface area contributed by atoms with E-state index in [0.29, 0.717) is 10.8 Å². The van der Waals surface area contributed by atoms with Gasteiger partial charge in [0.25, 0.3) is 0 Å². The molecule has 5 heteroatoms. The Hall–Kier alpha value is -1.65. The molecule has 0 aromatic heterocycles. The van der Waals surface area contributed by atoms with Gasteiger partial charge >= 0.3 is 0 Å². The van der Waals surface area contributed by atoms with Gasteiger partial charge in [-0.1, -0.05) is 11.6 Å². The van der Waals surface area contributed by atoms with E-state index in [2.05, 4.69) is 0 Å². The van der Waals surface area contributed by atoms with Gasteiger partial charge in [-0.15, -0.1) is 0 Å². The van der Waals surface area contributed by atoms with Crippen LogP contribution in [-0.4, -0.2) is 6.61 Å². The highest BCUT2D eigenvalue weighted by molar-refractivity contribution is 6.31. The number of hydrogen-bond donors (Lipinski definition) is 1. The van der Waals surface area contributed by atoms with Crippen molar-refractivity contribution in [1.29, 1.82) is 0 Å². The molecule has 1 atom stereocenters. The van der Waals surface area contributed by atoms with Crippen molar-refractivity contribution in [3.05, 3.63) is 64.2 Å². The van der Waals surface area contributed by atoms with Crippen molar-refractivity contribution in [2.45, 2.75) is 13.0 Å². The SMILES string of the molecule is Cc1cc(OCC(N)c2cc(F)ccc2F)ccc1Cl. The molecule has 0 fully saturated rings. The highest BCUT2D eigenvalue weighted by Gasteiger charge is 2.13. The normalized spacial score (nSPS) is 12.2. The van der Waals surface area contributed by atoms with Gasteiger partial charge in [-0.2, -0.15) is 0 Å². The van der Waals surface area contributed by atoms with Crippen LogP contribution in [0.3, 0.4) is 0 Å². The largest absolute Gasteiger partial charge is 0.492 e. The van der Waals surface area contributed by atoms with Crippen molar-refractivity contribution in [3.63, 3.8) is 0 Å². The Morgan fingerprint density at radius 2 is 1.95 bits per heavy atom. The molecule has 0 amide bonds. The average molecular weight is 298 g/mol. The van der Waals surface area contributed by atoms with E-state index < -0.39 is 17.7 Å². The number of hydrogen-bond acceptors (Lipinski definition) is 2. The first-order valence-electron chi connectivity index (χ1n) is 6.07. The van der Waals surface area contributed by atoms with Crippen molar-refractivity contribution >= 4 is 11.6 Å². The van der Waals surface area contributed by atoms with Gasteiger partial charge in [-0.05, 0) is 48.9 Å². The Bertz CT molecular complexity index is 619. The summed E-state index contributed by atoms with van der Waals surface area (Å²) in [4.78, 5) is 0. The summed E-state index contributed by atoms with van der Waals surface area (Å²) in [6.07, 6.45) is 0. The van der Waals surface area contributed by atoms with Crippen molar-refractivity contribution in [1.82, 2.24) is 0 Å². The van der Waals surface area contributed by atoms with Crippen LogP contribution in [0.5, 0.6) is 5.75 Å². The minimum atomic E-state index is -0.748. The molecule has 2 aromatic rings. The second kappa shape index (κ2) is 6.20. The molecular formula is C15H14ClF2NO. The molecule has 0 bridgehead atoms. The standard InChI is InChI=1S/C15H14ClF2NO/c1-9-6-11(3-4-13(9)16)20-8-15(19)12-7-10(17)2-5-14(12)18/h2-7,15H,8,19H2,1H3. The molecule has 0 saturated heterocycles. The summed E-state index contributed by atoms with van der Waals surface area (Å²) in [7, 11) is 0. The molecule has 0 radical (unpaired) electrons. The maximum absolute atomic E-state index is 13.5. The van der Waals surface area contributed by atoms with E-state index in [0.717, 1.165) is 23.8 Å². The van der Waals surface area contributed by atoms with Crippen molar-refractivity contribution in [2.24, 2.45) is 5.73 Å². The Labute approximate surface area is 121 Å². The maximum atomic E-state index is 13.5. The van der Waals surface area contributed by atoms with Gasteiger partial charge in [0.15, 0.2) is 0 Å². The predicted octanol–water partition coefficient (Wildman–Crippen LogP) is 4.01. The lowest BCUT2D eigenvalue weighted by Crippen LogP contribution is -2.20. The van der Waals surface area contributed by atoms with Crippen molar-refractivity contribution in [2.75, 3.05) is 6.61 Å². The summed E-state index contributed by atoms with van der Waals surface area (Å²) >= 11 is 5.91. The molecule has 0 aliphatic carbocycles. The zero-order chi connectivity index (χ0) is 14.7. The molecule has 0 aliphatic heterocycles. The lowest BCUT2D eigenvalue weighted by atomic mass is 10.1. The summed E-state index contributed by atoms with van der Waals surface area (Å²) in [6.45, 7) is 1.89. The van der Waals surface area contributed by atoms with Crippen LogP contribution in [0.1, 0.15) is 17.2 Å². The van der Waals surface area contributed by atoms with Gasteiger partial charge in [0.1, 0.15) is 24.0 Å². The van der Waals surface area contributed by atoms with Gasteiger partial charge in [0.2, 0.25) is 0 Å². The van der Waals surface area contributed by atoms with Gasteiger partial charge < -0.3 is 10.5 Å². The fourth-order valence-corrected chi connectivity index (χ4v) is 1.90. The molecule has 106 valence electrons. The molecule has 2 aromatic carbocycles. The lowest BCUT2D eigenvalue weighted by molar-refractivity contribution is 0.287. The van der Waals surface area contributed by atoms with Crippen LogP contribution < -0.4 is 10.5 Å². The Kier molecular flexibility index (Phi) is 4.57. The molecule has 0 spiro atoms. The third-order valence-corrected chi connectivity index (χ3v) is 3.34. The lowest BCUT2D eigenvalue weighted by Gasteiger charge is -2.15. The first kappa shape index (κ1) is 14.8. The minimum absolute atomic E-state index is 0.0431. The van der Waals surface area contributed by atoms with E-state index >= 15 is 0 Å². The maximum Gasteiger partial charge on any atom is 0.128 e. The molecular weight excluding hydrogens is 284 g/mol. The molecule has 0 aliphatic rings. The highest BCUT2D eigenvalue weighted by Crippen LogP contribution is 2.23. The van der Waals surface area contributed by atoms with Crippen LogP contribution >= 0.6 is 11.6 Å². The molecule has 0 saturated carbocycles. The van der Waals surface area contributed by atoms with E-state index in [4.69, 9.17) is 22.1 Å². The number of aryl methyl sites for hydroxylation is 1. The molecule has 2 nitrogen and oxygen atoms in total.